The summed E-state index contributed by atoms with van der Waals surface area (Å²) in [5.41, 5.74) is 10.00. The second kappa shape index (κ2) is 11.4. The molecule has 0 atom stereocenters. The monoisotopic (exact) mass is 640 g/mol. The molecular weight excluding hydrogens is 613 g/mol. The van der Waals surface area contributed by atoms with Crippen molar-refractivity contribution >= 4 is 43.7 Å². The van der Waals surface area contributed by atoms with E-state index >= 15 is 0 Å². The van der Waals surface area contributed by atoms with Gasteiger partial charge in [0.1, 0.15) is 11.2 Å². The van der Waals surface area contributed by atoms with E-state index in [-0.39, 0.29) is 0 Å². The molecule has 0 aliphatic heterocycles. The van der Waals surface area contributed by atoms with Gasteiger partial charge >= 0.3 is 0 Å². The molecule has 0 N–H and O–H groups in total. The van der Waals surface area contributed by atoms with Crippen molar-refractivity contribution < 1.29 is 4.42 Å². The zero-order valence-corrected chi connectivity index (χ0v) is 26.9. The van der Waals surface area contributed by atoms with Crippen LogP contribution in [-0.4, -0.2) is 19.5 Å². The Morgan fingerprint density at radius 2 is 0.960 bits per heavy atom. The lowest BCUT2D eigenvalue weighted by Gasteiger charge is -2.10. The molecule has 0 saturated heterocycles. The first-order valence-electron chi connectivity index (χ1n) is 16.7. The van der Waals surface area contributed by atoms with Gasteiger partial charge in [0.25, 0.3) is 0 Å². The third-order valence-electron chi connectivity index (χ3n) is 9.44. The fraction of sp³-hybridized carbons (Fsp3) is 0. The number of furan rings is 1. The summed E-state index contributed by atoms with van der Waals surface area (Å²) < 4.78 is 9.13. The topological polar surface area (TPSA) is 56.7 Å². The number of rotatable bonds is 5. The van der Waals surface area contributed by atoms with E-state index in [9.17, 15) is 0 Å². The SMILES string of the molecule is c1ccc(-c2cccc(-n3c4ccccc4c4cc5oc6c(-c7nc(-c8ccccc8)nc(-c8ccccc8)n7)cccc6c5cc43)c2)cc1. The minimum absolute atomic E-state index is 0.569. The van der Waals surface area contributed by atoms with Gasteiger partial charge in [0.05, 0.1) is 16.6 Å². The van der Waals surface area contributed by atoms with E-state index in [2.05, 4.69) is 108 Å². The first-order chi connectivity index (χ1) is 24.8. The van der Waals surface area contributed by atoms with Crippen molar-refractivity contribution in [3.8, 4) is 51.0 Å². The quantitative estimate of drug-likeness (QED) is 0.188. The molecule has 10 aromatic rings. The van der Waals surface area contributed by atoms with Gasteiger partial charge in [0.15, 0.2) is 17.5 Å². The summed E-state index contributed by atoms with van der Waals surface area (Å²) in [6, 6.07) is 58.6. The standard InChI is InChI=1S/C45H28N4O/c1-4-14-29(15-5-1)32-20-12-21-33(26-32)49-39-25-11-10-22-34(39)37-28-41-38(27-40(37)49)35-23-13-24-36(42(35)50-41)45-47-43(30-16-6-2-7-17-30)46-44(48-45)31-18-8-3-9-19-31/h1-28H. The fourth-order valence-electron chi connectivity index (χ4n) is 7.10. The minimum Gasteiger partial charge on any atom is -0.455 e. The predicted octanol–water partition coefficient (Wildman–Crippen LogP) is 11.5. The highest BCUT2D eigenvalue weighted by molar-refractivity contribution is 6.18. The molecule has 234 valence electrons. The maximum Gasteiger partial charge on any atom is 0.167 e. The van der Waals surface area contributed by atoms with Crippen molar-refractivity contribution in [2.45, 2.75) is 0 Å². The molecule has 5 heteroatoms. The normalized spacial score (nSPS) is 11.6. The van der Waals surface area contributed by atoms with E-state index < -0.39 is 0 Å². The van der Waals surface area contributed by atoms with Crippen molar-refractivity contribution in [1.82, 2.24) is 19.5 Å². The molecule has 0 aliphatic carbocycles. The number of hydrogen-bond acceptors (Lipinski definition) is 4. The van der Waals surface area contributed by atoms with Crippen molar-refractivity contribution in [1.29, 1.82) is 0 Å². The highest BCUT2D eigenvalue weighted by Gasteiger charge is 2.20. The average Bonchev–Trinajstić information content (AvgIpc) is 3.73. The smallest absolute Gasteiger partial charge is 0.167 e. The van der Waals surface area contributed by atoms with Crippen LogP contribution in [-0.2, 0) is 0 Å². The number of hydrogen-bond donors (Lipinski definition) is 0. The summed E-state index contributed by atoms with van der Waals surface area (Å²) in [4.78, 5) is 14.9. The molecule has 0 spiro atoms. The molecule has 50 heavy (non-hydrogen) atoms. The average molecular weight is 641 g/mol. The van der Waals surface area contributed by atoms with Crippen molar-refractivity contribution in [2.24, 2.45) is 0 Å². The molecule has 3 heterocycles. The third-order valence-corrected chi connectivity index (χ3v) is 9.44. The van der Waals surface area contributed by atoms with Crippen LogP contribution in [0.5, 0.6) is 0 Å². The van der Waals surface area contributed by atoms with Crippen LogP contribution in [0.1, 0.15) is 0 Å². The predicted molar refractivity (Wildman–Crippen MR) is 203 cm³/mol. The van der Waals surface area contributed by atoms with Crippen molar-refractivity contribution in [2.75, 3.05) is 0 Å². The third kappa shape index (κ3) is 4.60. The molecule has 0 aliphatic rings. The van der Waals surface area contributed by atoms with Gasteiger partial charge in [0.2, 0.25) is 0 Å². The molecule has 0 radical (unpaired) electrons. The largest absolute Gasteiger partial charge is 0.455 e. The van der Waals surface area contributed by atoms with Crippen molar-refractivity contribution in [3.05, 3.63) is 170 Å². The Balaban J connectivity index is 1.20. The first-order valence-corrected chi connectivity index (χ1v) is 16.7. The second-order valence-corrected chi connectivity index (χ2v) is 12.5. The summed E-state index contributed by atoms with van der Waals surface area (Å²) in [6.07, 6.45) is 0. The van der Waals surface area contributed by atoms with Gasteiger partial charge in [-0.05, 0) is 47.5 Å². The summed E-state index contributed by atoms with van der Waals surface area (Å²) in [6.45, 7) is 0. The molecular formula is C45H28N4O. The van der Waals surface area contributed by atoms with Gasteiger partial charge in [-0.1, -0.05) is 133 Å². The van der Waals surface area contributed by atoms with Crippen LogP contribution < -0.4 is 0 Å². The maximum absolute atomic E-state index is 6.77. The Hall–Kier alpha value is -6.85. The Morgan fingerprint density at radius 3 is 1.68 bits per heavy atom. The number of fused-ring (bicyclic) bond motifs is 6. The van der Waals surface area contributed by atoms with Gasteiger partial charge in [-0.15, -0.1) is 0 Å². The van der Waals surface area contributed by atoms with Crippen LogP contribution in [0.2, 0.25) is 0 Å². The van der Waals surface area contributed by atoms with Gasteiger partial charge in [-0.3, -0.25) is 0 Å². The molecule has 0 bridgehead atoms. The Labute approximate surface area is 287 Å². The van der Waals surface area contributed by atoms with Gasteiger partial charge in [-0.2, -0.15) is 0 Å². The van der Waals surface area contributed by atoms with E-state index in [1.807, 2.05) is 66.7 Å². The highest BCUT2D eigenvalue weighted by atomic mass is 16.3. The maximum atomic E-state index is 6.77. The zero-order valence-electron chi connectivity index (χ0n) is 26.9. The number of nitrogens with zero attached hydrogens (tertiary/aromatic N) is 4. The lowest BCUT2D eigenvalue weighted by Crippen LogP contribution is -2.00. The van der Waals surface area contributed by atoms with Gasteiger partial charge in [-0.25, -0.2) is 15.0 Å². The molecule has 0 saturated carbocycles. The van der Waals surface area contributed by atoms with Crippen molar-refractivity contribution in [3.63, 3.8) is 0 Å². The minimum atomic E-state index is 0.569. The molecule has 0 unspecified atom stereocenters. The lowest BCUT2D eigenvalue weighted by atomic mass is 10.0. The number of para-hydroxylation sites is 2. The number of aromatic nitrogens is 4. The summed E-state index contributed by atoms with van der Waals surface area (Å²) in [5.74, 6) is 1.80. The first kappa shape index (κ1) is 28.2. The van der Waals surface area contributed by atoms with Crippen LogP contribution in [0.3, 0.4) is 0 Å². The van der Waals surface area contributed by atoms with Gasteiger partial charge < -0.3 is 8.98 Å². The van der Waals surface area contributed by atoms with E-state index in [4.69, 9.17) is 19.4 Å². The van der Waals surface area contributed by atoms with Gasteiger partial charge in [0, 0.05) is 38.4 Å². The Morgan fingerprint density at radius 1 is 0.380 bits per heavy atom. The summed E-state index contributed by atoms with van der Waals surface area (Å²) in [7, 11) is 0. The molecule has 0 fully saturated rings. The van der Waals surface area contributed by atoms with Crippen LogP contribution >= 0.6 is 0 Å². The van der Waals surface area contributed by atoms with Crippen LogP contribution in [0, 0.1) is 0 Å². The summed E-state index contributed by atoms with van der Waals surface area (Å²) >= 11 is 0. The van der Waals surface area contributed by atoms with Crippen LogP contribution in [0.25, 0.3) is 94.7 Å². The van der Waals surface area contributed by atoms with E-state index in [1.54, 1.807) is 0 Å². The van der Waals surface area contributed by atoms with Crippen LogP contribution in [0.4, 0.5) is 0 Å². The Bertz CT molecular complexity index is 2800. The van der Waals surface area contributed by atoms with Crippen LogP contribution in [0.15, 0.2) is 174 Å². The molecule has 10 rings (SSSR count). The molecule has 5 nitrogen and oxygen atoms in total. The fourth-order valence-corrected chi connectivity index (χ4v) is 7.10. The Kier molecular flexibility index (Phi) is 6.42. The van der Waals surface area contributed by atoms with E-state index in [0.29, 0.717) is 17.5 Å². The van der Waals surface area contributed by atoms with E-state index in [0.717, 1.165) is 60.7 Å². The number of benzene rings is 7. The second-order valence-electron chi connectivity index (χ2n) is 12.5. The zero-order chi connectivity index (χ0) is 33.0. The van der Waals surface area contributed by atoms with E-state index in [1.165, 1.54) is 16.5 Å². The molecule has 7 aromatic carbocycles. The molecule has 3 aromatic heterocycles. The highest BCUT2D eigenvalue weighted by Crippen LogP contribution is 2.41. The lowest BCUT2D eigenvalue weighted by molar-refractivity contribution is 0.670. The molecule has 0 amide bonds. The summed E-state index contributed by atoms with van der Waals surface area (Å²) in [5, 5.41) is 4.36.